The molecule has 0 saturated heterocycles. The van der Waals surface area contributed by atoms with Crippen molar-refractivity contribution in [3.8, 4) is 11.4 Å². The van der Waals surface area contributed by atoms with Crippen molar-refractivity contribution in [2.24, 2.45) is 5.73 Å². The Morgan fingerprint density at radius 3 is 3.13 bits per heavy atom. The SMILES string of the molecule is CCC[C@@H](N)c1nc(-c2ccsc2)no1. The van der Waals surface area contributed by atoms with E-state index in [4.69, 9.17) is 10.3 Å². The minimum atomic E-state index is -0.144. The van der Waals surface area contributed by atoms with Crippen molar-refractivity contribution in [2.75, 3.05) is 0 Å². The predicted molar refractivity (Wildman–Crippen MR) is 59.4 cm³/mol. The van der Waals surface area contributed by atoms with Gasteiger partial charge < -0.3 is 10.3 Å². The summed E-state index contributed by atoms with van der Waals surface area (Å²) in [6, 6.07) is 1.82. The lowest BCUT2D eigenvalue weighted by atomic mass is 10.2. The van der Waals surface area contributed by atoms with E-state index in [1.807, 2.05) is 16.8 Å². The zero-order valence-electron chi connectivity index (χ0n) is 8.51. The molecule has 0 fully saturated rings. The van der Waals surface area contributed by atoms with Crippen LogP contribution in [0.3, 0.4) is 0 Å². The van der Waals surface area contributed by atoms with Gasteiger partial charge in [0.2, 0.25) is 11.7 Å². The molecule has 0 aromatic carbocycles. The molecule has 0 radical (unpaired) electrons. The molecular formula is C10H13N3OS. The zero-order chi connectivity index (χ0) is 10.7. The predicted octanol–water partition coefficient (Wildman–Crippen LogP) is 2.60. The summed E-state index contributed by atoms with van der Waals surface area (Å²) in [5, 5.41) is 7.87. The van der Waals surface area contributed by atoms with Crippen molar-refractivity contribution in [3.63, 3.8) is 0 Å². The number of nitrogens with zero attached hydrogens (tertiary/aromatic N) is 2. The molecule has 1 atom stereocenters. The number of thiophene rings is 1. The normalized spacial score (nSPS) is 12.9. The number of rotatable bonds is 4. The van der Waals surface area contributed by atoms with Gasteiger partial charge in [-0.15, -0.1) is 0 Å². The summed E-state index contributed by atoms with van der Waals surface area (Å²) in [6.07, 6.45) is 1.88. The molecule has 0 saturated carbocycles. The first-order valence-electron chi connectivity index (χ1n) is 4.93. The van der Waals surface area contributed by atoms with Crippen molar-refractivity contribution >= 4 is 11.3 Å². The van der Waals surface area contributed by atoms with Crippen LogP contribution in [0.25, 0.3) is 11.4 Å². The Labute approximate surface area is 92.1 Å². The van der Waals surface area contributed by atoms with Crippen LogP contribution in [0, 0.1) is 0 Å². The summed E-state index contributed by atoms with van der Waals surface area (Å²) in [4.78, 5) is 4.28. The van der Waals surface area contributed by atoms with E-state index in [9.17, 15) is 0 Å². The van der Waals surface area contributed by atoms with Gasteiger partial charge in [-0.05, 0) is 17.9 Å². The van der Waals surface area contributed by atoms with E-state index in [1.165, 1.54) is 0 Å². The maximum absolute atomic E-state index is 5.88. The van der Waals surface area contributed by atoms with Crippen molar-refractivity contribution in [2.45, 2.75) is 25.8 Å². The molecule has 0 spiro atoms. The maximum atomic E-state index is 5.88. The third-order valence-corrected chi connectivity index (χ3v) is 2.82. The molecule has 0 aliphatic rings. The summed E-state index contributed by atoms with van der Waals surface area (Å²) < 4.78 is 5.12. The lowest BCUT2D eigenvalue weighted by Crippen LogP contribution is -2.09. The molecule has 2 rings (SSSR count). The van der Waals surface area contributed by atoms with Crippen LogP contribution in [-0.2, 0) is 0 Å². The molecule has 2 N–H and O–H groups in total. The van der Waals surface area contributed by atoms with Gasteiger partial charge in [-0.1, -0.05) is 18.5 Å². The summed E-state index contributed by atoms with van der Waals surface area (Å²) in [7, 11) is 0. The van der Waals surface area contributed by atoms with Crippen LogP contribution in [0.2, 0.25) is 0 Å². The first-order chi connectivity index (χ1) is 7.31. The van der Waals surface area contributed by atoms with Crippen LogP contribution in [0.15, 0.2) is 21.3 Å². The van der Waals surface area contributed by atoms with Gasteiger partial charge in [-0.3, -0.25) is 0 Å². The van der Waals surface area contributed by atoms with Gasteiger partial charge in [0.15, 0.2) is 0 Å². The van der Waals surface area contributed by atoms with Crippen LogP contribution in [0.4, 0.5) is 0 Å². The zero-order valence-corrected chi connectivity index (χ0v) is 9.33. The molecule has 0 aliphatic heterocycles. The Kier molecular flexibility index (Phi) is 3.13. The minimum absolute atomic E-state index is 0.144. The van der Waals surface area contributed by atoms with Crippen LogP contribution in [0.5, 0.6) is 0 Å². The van der Waals surface area contributed by atoms with E-state index < -0.39 is 0 Å². The Bertz CT molecular complexity index is 410. The highest BCUT2D eigenvalue weighted by Crippen LogP contribution is 2.21. The highest BCUT2D eigenvalue weighted by molar-refractivity contribution is 7.08. The second-order valence-corrected chi connectivity index (χ2v) is 4.14. The van der Waals surface area contributed by atoms with Crippen LogP contribution in [0.1, 0.15) is 31.7 Å². The Hall–Kier alpha value is -1.20. The van der Waals surface area contributed by atoms with Crippen molar-refractivity contribution < 1.29 is 4.52 Å². The number of nitrogens with two attached hydrogens (primary N) is 1. The molecule has 15 heavy (non-hydrogen) atoms. The molecule has 2 aromatic heterocycles. The Morgan fingerprint density at radius 1 is 1.60 bits per heavy atom. The van der Waals surface area contributed by atoms with Gasteiger partial charge in [-0.2, -0.15) is 16.3 Å². The quantitative estimate of drug-likeness (QED) is 0.865. The lowest BCUT2D eigenvalue weighted by Gasteiger charge is -2.01. The highest BCUT2D eigenvalue weighted by atomic mass is 32.1. The largest absolute Gasteiger partial charge is 0.337 e. The first kappa shape index (κ1) is 10.3. The fourth-order valence-electron chi connectivity index (χ4n) is 1.33. The summed E-state index contributed by atoms with van der Waals surface area (Å²) >= 11 is 1.61. The van der Waals surface area contributed by atoms with Crippen molar-refractivity contribution in [3.05, 3.63) is 22.7 Å². The van der Waals surface area contributed by atoms with Crippen LogP contribution >= 0.6 is 11.3 Å². The second kappa shape index (κ2) is 4.55. The molecule has 80 valence electrons. The average molecular weight is 223 g/mol. The van der Waals surface area contributed by atoms with Gasteiger partial charge in [0.25, 0.3) is 0 Å². The van der Waals surface area contributed by atoms with E-state index in [1.54, 1.807) is 11.3 Å². The molecule has 0 amide bonds. The number of hydrogen-bond acceptors (Lipinski definition) is 5. The molecule has 5 heteroatoms. The maximum Gasteiger partial charge on any atom is 0.243 e. The lowest BCUT2D eigenvalue weighted by molar-refractivity contribution is 0.348. The smallest absolute Gasteiger partial charge is 0.243 e. The van der Waals surface area contributed by atoms with E-state index in [0.29, 0.717) is 11.7 Å². The molecular weight excluding hydrogens is 210 g/mol. The third-order valence-electron chi connectivity index (χ3n) is 2.14. The van der Waals surface area contributed by atoms with Crippen LogP contribution < -0.4 is 5.73 Å². The fourth-order valence-corrected chi connectivity index (χ4v) is 1.96. The van der Waals surface area contributed by atoms with Gasteiger partial charge in [-0.25, -0.2) is 0 Å². The molecule has 0 unspecified atom stereocenters. The molecule has 0 aliphatic carbocycles. The van der Waals surface area contributed by atoms with Gasteiger partial charge in [0.1, 0.15) is 0 Å². The standard InChI is InChI=1S/C10H13N3OS/c1-2-3-8(11)10-12-9(13-14-10)7-4-5-15-6-7/h4-6,8H,2-3,11H2,1H3/t8-/m1/s1. The summed E-state index contributed by atoms with van der Waals surface area (Å²) in [5.41, 5.74) is 6.86. The average Bonchev–Trinajstić information content (AvgIpc) is 2.89. The molecule has 2 heterocycles. The third kappa shape index (κ3) is 2.24. The number of hydrogen-bond donors (Lipinski definition) is 1. The molecule has 2 aromatic rings. The second-order valence-electron chi connectivity index (χ2n) is 3.36. The van der Waals surface area contributed by atoms with E-state index >= 15 is 0 Å². The van der Waals surface area contributed by atoms with Gasteiger partial charge in [0.05, 0.1) is 6.04 Å². The Balaban J connectivity index is 2.17. The Morgan fingerprint density at radius 2 is 2.47 bits per heavy atom. The van der Waals surface area contributed by atoms with Gasteiger partial charge in [0, 0.05) is 10.9 Å². The van der Waals surface area contributed by atoms with Crippen molar-refractivity contribution in [1.29, 1.82) is 0 Å². The van der Waals surface area contributed by atoms with E-state index in [-0.39, 0.29) is 6.04 Å². The van der Waals surface area contributed by atoms with E-state index in [0.717, 1.165) is 18.4 Å². The van der Waals surface area contributed by atoms with Gasteiger partial charge >= 0.3 is 0 Å². The van der Waals surface area contributed by atoms with E-state index in [2.05, 4.69) is 17.1 Å². The topological polar surface area (TPSA) is 64.9 Å². The summed E-state index contributed by atoms with van der Waals surface area (Å²) in [6.45, 7) is 2.08. The van der Waals surface area contributed by atoms with Crippen molar-refractivity contribution in [1.82, 2.24) is 10.1 Å². The van der Waals surface area contributed by atoms with Crippen LogP contribution in [-0.4, -0.2) is 10.1 Å². The summed E-state index contributed by atoms with van der Waals surface area (Å²) in [5.74, 6) is 1.15. The minimum Gasteiger partial charge on any atom is -0.337 e. The fraction of sp³-hybridized carbons (Fsp3) is 0.400. The molecule has 0 bridgehead atoms. The highest BCUT2D eigenvalue weighted by Gasteiger charge is 2.14. The first-order valence-corrected chi connectivity index (χ1v) is 5.87. The molecule has 4 nitrogen and oxygen atoms in total. The number of aromatic nitrogens is 2. The monoisotopic (exact) mass is 223 g/mol.